The minimum atomic E-state index is -0.206. The minimum Gasteiger partial charge on any atom is -0.325 e. The van der Waals surface area contributed by atoms with Gasteiger partial charge in [-0.05, 0) is 30.3 Å². The lowest BCUT2D eigenvalue weighted by molar-refractivity contribution is -0.113. The summed E-state index contributed by atoms with van der Waals surface area (Å²) in [6, 6.07) is 12.5. The summed E-state index contributed by atoms with van der Waals surface area (Å²) in [5.41, 5.74) is 1.43. The highest BCUT2D eigenvalue weighted by atomic mass is 35.5. The molecule has 30 heavy (non-hydrogen) atoms. The Balaban J connectivity index is 1.43. The van der Waals surface area contributed by atoms with Crippen LogP contribution in [0, 0.1) is 0 Å². The number of amides is 1. The van der Waals surface area contributed by atoms with Crippen molar-refractivity contribution in [3.63, 3.8) is 0 Å². The second-order valence-electron chi connectivity index (χ2n) is 6.35. The number of aromatic nitrogens is 4. The summed E-state index contributed by atoms with van der Waals surface area (Å²) in [5, 5.41) is 12.5. The Bertz CT molecular complexity index is 1300. The zero-order valence-electron chi connectivity index (χ0n) is 15.6. The molecule has 0 aliphatic carbocycles. The second-order valence-corrected chi connectivity index (χ2v) is 9.10. The van der Waals surface area contributed by atoms with Gasteiger partial charge in [-0.25, -0.2) is 0 Å². The van der Waals surface area contributed by atoms with Crippen molar-refractivity contribution in [1.29, 1.82) is 0 Å². The van der Waals surface area contributed by atoms with Crippen LogP contribution in [0.2, 0.25) is 10.0 Å². The largest absolute Gasteiger partial charge is 0.325 e. The second kappa shape index (κ2) is 8.81. The molecule has 1 N–H and O–H groups in total. The van der Waals surface area contributed by atoms with Crippen LogP contribution in [0.1, 0.15) is 5.82 Å². The SMILES string of the molecule is Cn1c(Cn2c(=O)sc3ccccc32)nnc1SCC(=O)Nc1ccc(Cl)c(Cl)c1. The summed E-state index contributed by atoms with van der Waals surface area (Å²) in [6.07, 6.45) is 0. The van der Waals surface area contributed by atoms with E-state index < -0.39 is 0 Å². The molecule has 2 aromatic carbocycles. The molecular formula is C19H15Cl2N5O2S2. The Morgan fingerprint density at radius 1 is 1.17 bits per heavy atom. The number of benzene rings is 2. The third-order valence-electron chi connectivity index (χ3n) is 4.33. The maximum Gasteiger partial charge on any atom is 0.308 e. The van der Waals surface area contributed by atoms with Crippen LogP contribution in [-0.4, -0.2) is 31.0 Å². The fraction of sp³-hybridized carbons (Fsp3) is 0.158. The summed E-state index contributed by atoms with van der Waals surface area (Å²) in [6.45, 7) is 0.308. The van der Waals surface area contributed by atoms with E-state index in [2.05, 4.69) is 15.5 Å². The van der Waals surface area contributed by atoms with Crippen molar-refractivity contribution in [3.05, 3.63) is 68.0 Å². The van der Waals surface area contributed by atoms with Gasteiger partial charge in [-0.3, -0.25) is 14.2 Å². The lowest BCUT2D eigenvalue weighted by Gasteiger charge is -2.07. The van der Waals surface area contributed by atoms with Gasteiger partial charge >= 0.3 is 4.87 Å². The number of nitrogens with zero attached hydrogens (tertiary/aromatic N) is 4. The standard InChI is InChI=1S/C19H15Cl2N5O2S2/c1-25-16(9-26-14-4-2-3-5-15(14)30-19(26)28)23-24-18(25)29-10-17(27)22-11-6-7-12(20)13(21)8-11/h2-8H,9-10H2,1H3,(H,22,27). The number of fused-ring (bicyclic) bond motifs is 1. The fourth-order valence-corrected chi connectivity index (χ4v) is 4.73. The van der Waals surface area contributed by atoms with E-state index in [1.54, 1.807) is 27.3 Å². The van der Waals surface area contributed by atoms with Crippen LogP contribution in [-0.2, 0) is 18.4 Å². The molecule has 0 unspecified atom stereocenters. The Morgan fingerprint density at radius 2 is 1.97 bits per heavy atom. The molecule has 11 heteroatoms. The molecular weight excluding hydrogens is 465 g/mol. The van der Waals surface area contributed by atoms with Gasteiger partial charge in [0.2, 0.25) is 5.91 Å². The normalized spacial score (nSPS) is 11.2. The van der Waals surface area contributed by atoms with Crippen molar-refractivity contribution in [2.24, 2.45) is 7.05 Å². The van der Waals surface area contributed by atoms with Gasteiger partial charge in [0.05, 0.1) is 32.6 Å². The van der Waals surface area contributed by atoms with Gasteiger partial charge in [-0.1, -0.05) is 58.4 Å². The lowest BCUT2D eigenvalue weighted by atomic mass is 10.3. The lowest BCUT2D eigenvalue weighted by Crippen LogP contribution is -2.16. The molecule has 2 aromatic heterocycles. The first-order valence-electron chi connectivity index (χ1n) is 8.76. The fourth-order valence-electron chi connectivity index (χ4n) is 2.81. The van der Waals surface area contributed by atoms with E-state index >= 15 is 0 Å². The van der Waals surface area contributed by atoms with Gasteiger partial charge in [0.1, 0.15) is 0 Å². The molecule has 154 valence electrons. The van der Waals surface area contributed by atoms with Crippen LogP contribution in [0.3, 0.4) is 0 Å². The quantitative estimate of drug-likeness (QED) is 0.417. The molecule has 0 fully saturated rings. The number of hydrogen-bond donors (Lipinski definition) is 1. The highest BCUT2D eigenvalue weighted by Gasteiger charge is 2.15. The predicted octanol–water partition coefficient (Wildman–Crippen LogP) is 4.28. The van der Waals surface area contributed by atoms with Crippen molar-refractivity contribution in [1.82, 2.24) is 19.3 Å². The van der Waals surface area contributed by atoms with Gasteiger partial charge < -0.3 is 9.88 Å². The average Bonchev–Trinajstić information content (AvgIpc) is 3.23. The smallest absolute Gasteiger partial charge is 0.308 e. The van der Waals surface area contributed by atoms with Gasteiger partial charge in [0.25, 0.3) is 0 Å². The summed E-state index contributed by atoms with van der Waals surface area (Å²) in [7, 11) is 1.81. The van der Waals surface area contributed by atoms with Crippen LogP contribution in [0.15, 0.2) is 52.4 Å². The number of carbonyl (C=O) groups excluding carboxylic acids is 1. The summed E-state index contributed by atoms with van der Waals surface area (Å²) in [5.74, 6) is 0.573. The van der Waals surface area contributed by atoms with E-state index in [4.69, 9.17) is 23.2 Å². The predicted molar refractivity (Wildman–Crippen MR) is 122 cm³/mol. The Kier molecular flexibility index (Phi) is 6.14. The third kappa shape index (κ3) is 4.39. The number of hydrogen-bond acceptors (Lipinski definition) is 6. The van der Waals surface area contributed by atoms with Crippen LogP contribution >= 0.6 is 46.3 Å². The number of halogens is 2. The average molecular weight is 480 g/mol. The molecule has 0 saturated carbocycles. The summed E-state index contributed by atoms with van der Waals surface area (Å²) >= 11 is 14.3. The van der Waals surface area contributed by atoms with Gasteiger partial charge in [-0.15, -0.1) is 10.2 Å². The van der Waals surface area contributed by atoms with Crippen LogP contribution < -0.4 is 10.2 Å². The van der Waals surface area contributed by atoms with E-state index in [0.29, 0.717) is 33.3 Å². The molecule has 4 aromatic rings. The van der Waals surface area contributed by atoms with E-state index in [1.165, 1.54) is 23.1 Å². The Morgan fingerprint density at radius 3 is 2.77 bits per heavy atom. The van der Waals surface area contributed by atoms with Gasteiger partial charge in [-0.2, -0.15) is 0 Å². The van der Waals surface area contributed by atoms with E-state index in [1.807, 2.05) is 31.3 Å². The zero-order chi connectivity index (χ0) is 21.3. The van der Waals surface area contributed by atoms with Crippen molar-refractivity contribution in [2.75, 3.05) is 11.1 Å². The van der Waals surface area contributed by atoms with E-state index in [-0.39, 0.29) is 16.5 Å². The molecule has 2 heterocycles. The third-order valence-corrected chi connectivity index (χ3v) is 7.05. The molecule has 0 radical (unpaired) electrons. The monoisotopic (exact) mass is 479 g/mol. The summed E-state index contributed by atoms with van der Waals surface area (Å²) in [4.78, 5) is 24.5. The van der Waals surface area contributed by atoms with Crippen molar-refractivity contribution in [3.8, 4) is 0 Å². The van der Waals surface area contributed by atoms with Crippen LogP contribution in [0.5, 0.6) is 0 Å². The van der Waals surface area contributed by atoms with Gasteiger partial charge in [0, 0.05) is 12.7 Å². The maximum absolute atomic E-state index is 12.3. The number of thioether (sulfide) groups is 1. The first-order valence-corrected chi connectivity index (χ1v) is 11.3. The van der Waals surface area contributed by atoms with Crippen LogP contribution in [0.25, 0.3) is 10.2 Å². The van der Waals surface area contributed by atoms with Gasteiger partial charge in [0.15, 0.2) is 11.0 Å². The minimum absolute atomic E-state index is 0.0468. The highest BCUT2D eigenvalue weighted by Crippen LogP contribution is 2.25. The number of anilines is 1. The molecule has 0 bridgehead atoms. The molecule has 0 aliphatic heterocycles. The Hall–Kier alpha value is -2.33. The number of carbonyl (C=O) groups is 1. The van der Waals surface area contributed by atoms with Crippen molar-refractivity contribution < 1.29 is 4.79 Å². The van der Waals surface area contributed by atoms with E-state index in [9.17, 15) is 9.59 Å². The summed E-state index contributed by atoms with van der Waals surface area (Å²) < 4.78 is 4.39. The molecule has 0 atom stereocenters. The number of para-hydroxylation sites is 1. The molecule has 0 spiro atoms. The van der Waals surface area contributed by atoms with Crippen molar-refractivity contribution in [2.45, 2.75) is 11.7 Å². The number of rotatable bonds is 6. The first kappa shape index (κ1) is 20.9. The Labute approximate surface area is 189 Å². The van der Waals surface area contributed by atoms with E-state index in [0.717, 1.165) is 10.2 Å². The van der Waals surface area contributed by atoms with Crippen LogP contribution in [0.4, 0.5) is 5.69 Å². The molecule has 1 amide bonds. The molecule has 0 aliphatic rings. The topological polar surface area (TPSA) is 81.8 Å². The number of nitrogens with one attached hydrogen (secondary N) is 1. The first-order chi connectivity index (χ1) is 14.4. The number of thiazole rings is 1. The molecule has 7 nitrogen and oxygen atoms in total. The zero-order valence-corrected chi connectivity index (χ0v) is 18.8. The maximum atomic E-state index is 12.3. The highest BCUT2D eigenvalue weighted by molar-refractivity contribution is 7.99. The van der Waals surface area contributed by atoms with Crippen molar-refractivity contribution >= 4 is 68.1 Å². The molecule has 4 rings (SSSR count). The molecule has 0 saturated heterocycles.